The molecule has 2 aromatic carbocycles. The molecule has 6 aromatic rings. The van der Waals surface area contributed by atoms with Gasteiger partial charge in [-0.3, -0.25) is 9.59 Å². The molecule has 4 aromatic heterocycles. The van der Waals surface area contributed by atoms with Gasteiger partial charge in [0, 0.05) is 57.6 Å². The third-order valence-corrected chi connectivity index (χ3v) is 16.2. The summed E-state index contributed by atoms with van der Waals surface area (Å²) in [5.41, 5.74) is 3.04. The van der Waals surface area contributed by atoms with E-state index in [-0.39, 0.29) is 42.0 Å². The maximum Gasteiger partial charge on any atom is 0.251 e. The van der Waals surface area contributed by atoms with E-state index in [1.165, 1.54) is 0 Å². The number of aliphatic hydroxyl groups is 2. The van der Waals surface area contributed by atoms with Crippen LogP contribution in [0.3, 0.4) is 0 Å². The number of hydrogen-bond donors (Lipinski definition) is 10. The first-order valence-corrected chi connectivity index (χ1v) is 25.9. The molecule has 4 aliphatic rings. The van der Waals surface area contributed by atoms with Gasteiger partial charge < -0.3 is 52.7 Å². The van der Waals surface area contributed by atoms with Crippen molar-refractivity contribution in [3.05, 3.63) is 82.0 Å². The van der Waals surface area contributed by atoms with Gasteiger partial charge in [-0.25, -0.2) is 9.97 Å². The van der Waals surface area contributed by atoms with Crippen LogP contribution in [0.25, 0.3) is 20.4 Å². The van der Waals surface area contributed by atoms with Crippen LogP contribution in [0.2, 0.25) is 0 Å². The molecule has 2 saturated heterocycles. The average molecular weight is 959 g/mol. The maximum atomic E-state index is 13.7. The molecular formula is C50H62N12O4S2. The van der Waals surface area contributed by atoms with Crippen LogP contribution in [-0.2, 0) is 0 Å². The van der Waals surface area contributed by atoms with E-state index in [0.717, 1.165) is 126 Å². The summed E-state index contributed by atoms with van der Waals surface area (Å²) in [5.74, 6) is 2.22. The van der Waals surface area contributed by atoms with Crippen LogP contribution in [0.4, 0.5) is 34.9 Å². The number of carbonyl (C=O) groups excluding carboxylic acids is 2. The first-order chi connectivity index (χ1) is 32.9. The minimum absolute atomic E-state index is 0.00283. The lowest BCUT2D eigenvalue weighted by Gasteiger charge is -2.33. The van der Waals surface area contributed by atoms with Crippen LogP contribution >= 0.6 is 22.7 Å². The lowest BCUT2D eigenvalue weighted by Crippen LogP contribution is -2.44. The lowest BCUT2D eigenvalue weighted by atomic mass is 9.84. The van der Waals surface area contributed by atoms with Crippen molar-refractivity contribution in [3.63, 3.8) is 0 Å². The number of nitrogens with one attached hydrogen (secondary N) is 8. The molecule has 0 spiro atoms. The van der Waals surface area contributed by atoms with Gasteiger partial charge in [-0.05, 0) is 171 Å². The van der Waals surface area contributed by atoms with Crippen molar-refractivity contribution in [2.75, 3.05) is 40.9 Å². The Morgan fingerprint density at radius 1 is 0.632 bits per heavy atom. The van der Waals surface area contributed by atoms with Crippen molar-refractivity contribution in [1.29, 1.82) is 0 Å². The van der Waals surface area contributed by atoms with Crippen LogP contribution in [-0.4, -0.2) is 97.0 Å². The first kappa shape index (κ1) is 46.2. The predicted octanol–water partition coefficient (Wildman–Crippen LogP) is 8.10. The normalized spacial score (nSPS) is 25.7. The van der Waals surface area contributed by atoms with Gasteiger partial charge in [-0.15, -0.1) is 22.7 Å². The maximum absolute atomic E-state index is 13.7. The van der Waals surface area contributed by atoms with E-state index in [4.69, 9.17) is 19.9 Å². The smallest absolute Gasteiger partial charge is 0.251 e. The Bertz CT molecular complexity index is 2730. The molecule has 16 nitrogen and oxygen atoms in total. The molecule has 18 heteroatoms. The molecule has 358 valence electrons. The number of piperidine rings is 2. The van der Waals surface area contributed by atoms with Crippen LogP contribution in [0.5, 0.6) is 0 Å². The van der Waals surface area contributed by atoms with E-state index in [2.05, 4.69) is 48.6 Å². The monoisotopic (exact) mass is 958 g/mol. The number of carbonyl (C=O) groups is 2. The number of nitrogens with zero attached hydrogens (tertiary/aromatic N) is 4. The van der Waals surface area contributed by atoms with Crippen molar-refractivity contribution < 1.29 is 19.8 Å². The molecule has 2 aliphatic heterocycles. The van der Waals surface area contributed by atoms with Crippen LogP contribution in [0.1, 0.15) is 123 Å². The quantitative estimate of drug-likeness (QED) is 0.0529. The fourth-order valence-electron chi connectivity index (χ4n) is 9.92. The highest BCUT2D eigenvalue weighted by Gasteiger charge is 2.32. The summed E-state index contributed by atoms with van der Waals surface area (Å²) in [6.45, 7) is 6.36. The first-order valence-electron chi connectivity index (χ1n) is 24.2. The lowest BCUT2D eigenvalue weighted by molar-refractivity contribution is 0.0192. The SMILES string of the molecule is CC1(O)CCC(Nc2nc(Nc3ccc(C(=O)NC4CCNC(c5cc6nc(Nc7cccc(C(=O)NC8CCNCC8)c7)nc(NC7CCC(C)(O)CC7)c6s5)C4)cc3)nc3ccsc23)CC1. The minimum atomic E-state index is -0.661. The van der Waals surface area contributed by atoms with E-state index in [0.29, 0.717) is 42.3 Å². The van der Waals surface area contributed by atoms with Gasteiger partial charge in [0.15, 0.2) is 0 Å². The number of hydrogen-bond acceptors (Lipinski definition) is 16. The van der Waals surface area contributed by atoms with Crippen molar-refractivity contribution >= 4 is 89.8 Å². The highest BCUT2D eigenvalue weighted by molar-refractivity contribution is 7.19. The molecule has 68 heavy (non-hydrogen) atoms. The average Bonchev–Trinajstić information content (AvgIpc) is 4.00. The molecule has 10 N–H and O–H groups in total. The fourth-order valence-corrected chi connectivity index (χ4v) is 11.8. The largest absolute Gasteiger partial charge is 0.390 e. The van der Waals surface area contributed by atoms with Crippen LogP contribution in [0.15, 0.2) is 66.0 Å². The Morgan fingerprint density at radius 3 is 1.93 bits per heavy atom. The van der Waals surface area contributed by atoms with Gasteiger partial charge in [-0.2, -0.15) is 9.97 Å². The zero-order chi connectivity index (χ0) is 46.8. The van der Waals surface area contributed by atoms with E-state index in [1.807, 2.05) is 73.8 Å². The number of anilines is 6. The Kier molecular flexibility index (Phi) is 13.5. The second kappa shape index (κ2) is 19.8. The van der Waals surface area contributed by atoms with Crippen molar-refractivity contribution in [2.24, 2.45) is 0 Å². The van der Waals surface area contributed by atoms with Gasteiger partial charge in [0.25, 0.3) is 11.8 Å². The number of benzene rings is 2. The van der Waals surface area contributed by atoms with Crippen LogP contribution < -0.4 is 42.5 Å². The van der Waals surface area contributed by atoms with Crippen LogP contribution in [0, 0.1) is 0 Å². The molecule has 4 fully saturated rings. The summed E-state index contributed by atoms with van der Waals surface area (Å²) in [5, 5.41) is 50.7. The second-order valence-electron chi connectivity index (χ2n) is 19.7. The standard InChI is InChI=1S/C50H62N12O4S2/c1-49(65)18-10-32(11-19-49)53-43-41-37(17-25-67-41)59-47(61-43)57-31-8-6-29(7-9-31)45(63)56-36-16-24-52-38(27-36)40-28-39-42(68-40)44(54-33-12-20-50(2,66)21-13-33)62-48(60-39)58-35-5-3-4-30(26-35)46(64)55-34-14-22-51-23-15-34/h3-9,17,25-26,28,32-34,36,38,51-52,65-66H,10-16,18-24,27H2,1-2H3,(H,55,64)(H,56,63)(H2,53,57,59,61)(H2,54,58,60,62). The summed E-state index contributed by atoms with van der Waals surface area (Å²) < 4.78 is 1.96. The van der Waals surface area contributed by atoms with Crippen molar-refractivity contribution in [1.82, 2.24) is 41.2 Å². The Labute approximate surface area is 404 Å². The molecular weight excluding hydrogens is 897 g/mol. The fraction of sp³-hybridized carbons (Fsp3) is 0.480. The molecule has 2 aliphatic carbocycles. The number of amides is 2. The topological polar surface area (TPSA) is 222 Å². The minimum Gasteiger partial charge on any atom is -0.390 e. The Morgan fingerprint density at radius 2 is 1.24 bits per heavy atom. The predicted molar refractivity (Wildman–Crippen MR) is 272 cm³/mol. The highest BCUT2D eigenvalue weighted by atomic mass is 32.1. The third-order valence-electron chi connectivity index (χ3n) is 14.0. The van der Waals surface area contributed by atoms with E-state index < -0.39 is 11.2 Å². The summed E-state index contributed by atoms with van der Waals surface area (Å²) in [6, 6.07) is 19.5. The summed E-state index contributed by atoms with van der Waals surface area (Å²) >= 11 is 3.27. The zero-order valence-corrected chi connectivity index (χ0v) is 40.3. The number of thiophene rings is 2. The molecule has 2 unspecified atom stereocenters. The zero-order valence-electron chi connectivity index (χ0n) is 38.7. The molecule has 2 saturated carbocycles. The second-order valence-corrected chi connectivity index (χ2v) is 21.7. The van der Waals surface area contributed by atoms with E-state index in [1.54, 1.807) is 22.7 Å². The Balaban J connectivity index is 0.806. The molecule has 2 amide bonds. The molecule has 10 rings (SSSR count). The summed E-state index contributed by atoms with van der Waals surface area (Å²) in [4.78, 5) is 47.7. The van der Waals surface area contributed by atoms with Gasteiger partial charge in [-0.1, -0.05) is 6.07 Å². The van der Waals surface area contributed by atoms with Gasteiger partial charge in [0.05, 0.1) is 31.6 Å². The van der Waals surface area contributed by atoms with E-state index in [9.17, 15) is 19.8 Å². The molecule has 2 atom stereocenters. The van der Waals surface area contributed by atoms with Crippen molar-refractivity contribution in [2.45, 2.75) is 132 Å². The molecule has 0 radical (unpaired) electrons. The number of fused-ring (bicyclic) bond motifs is 2. The van der Waals surface area contributed by atoms with Gasteiger partial charge >= 0.3 is 0 Å². The Hall–Kier alpha value is -5.50. The van der Waals surface area contributed by atoms with E-state index >= 15 is 0 Å². The number of rotatable bonds is 13. The number of aromatic nitrogens is 4. The van der Waals surface area contributed by atoms with Gasteiger partial charge in [0.2, 0.25) is 11.9 Å². The third kappa shape index (κ3) is 11.2. The van der Waals surface area contributed by atoms with Gasteiger partial charge in [0.1, 0.15) is 11.6 Å². The summed E-state index contributed by atoms with van der Waals surface area (Å²) in [7, 11) is 0. The molecule has 0 bridgehead atoms. The highest BCUT2D eigenvalue weighted by Crippen LogP contribution is 2.39. The van der Waals surface area contributed by atoms with Crippen molar-refractivity contribution in [3.8, 4) is 0 Å². The molecule has 6 heterocycles. The summed E-state index contributed by atoms with van der Waals surface area (Å²) in [6.07, 6.45) is 9.64.